The molecule has 5 rings (SSSR count). The zero-order valence-electron chi connectivity index (χ0n) is 20.0. The Labute approximate surface area is 197 Å². The summed E-state index contributed by atoms with van der Waals surface area (Å²) in [7, 11) is 1.90. The molecule has 1 aliphatic carbocycles. The van der Waals surface area contributed by atoms with E-state index in [1.54, 1.807) is 6.20 Å². The van der Waals surface area contributed by atoms with E-state index in [1.807, 2.05) is 22.7 Å². The number of fused-ring (bicyclic) bond motifs is 1. The molecule has 0 N–H and O–H groups in total. The van der Waals surface area contributed by atoms with E-state index < -0.39 is 0 Å². The van der Waals surface area contributed by atoms with Gasteiger partial charge in [-0.15, -0.1) is 0 Å². The van der Waals surface area contributed by atoms with Gasteiger partial charge in [-0.3, -0.25) is 9.69 Å². The van der Waals surface area contributed by atoms with Crippen molar-refractivity contribution in [3.05, 3.63) is 48.0 Å². The van der Waals surface area contributed by atoms with Crippen LogP contribution in [-0.2, 0) is 13.5 Å². The standard InChI is InChI=1S/C27H38N4O2/c1-29-17-14-28-25(29)26(32)31-15-12-27(13-16-31)11-5-4-7-23-6-2-3-8-24(23)33-19-18-30(21-27)20-22-9-10-22/h2-3,6,8,14,17,22H,4-5,7,9-13,15-16,18-21H2,1H3. The lowest BCUT2D eigenvalue weighted by Crippen LogP contribution is -2.49. The Kier molecular flexibility index (Phi) is 6.72. The average Bonchev–Trinajstić information content (AvgIpc) is 3.53. The summed E-state index contributed by atoms with van der Waals surface area (Å²) < 4.78 is 8.10. The molecule has 2 aliphatic heterocycles. The van der Waals surface area contributed by atoms with Gasteiger partial charge in [0.25, 0.3) is 5.91 Å². The molecule has 33 heavy (non-hydrogen) atoms. The van der Waals surface area contributed by atoms with E-state index in [0.29, 0.717) is 11.2 Å². The van der Waals surface area contributed by atoms with Crippen molar-refractivity contribution in [3.63, 3.8) is 0 Å². The number of nitrogens with zero attached hydrogens (tertiary/aromatic N) is 4. The van der Waals surface area contributed by atoms with Gasteiger partial charge < -0.3 is 14.2 Å². The molecule has 1 saturated carbocycles. The first-order chi connectivity index (χ1) is 16.1. The highest BCUT2D eigenvalue weighted by molar-refractivity contribution is 5.90. The Bertz CT molecular complexity index is 943. The van der Waals surface area contributed by atoms with Gasteiger partial charge in [0, 0.05) is 52.2 Å². The van der Waals surface area contributed by atoms with Crippen LogP contribution in [0.15, 0.2) is 36.7 Å². The summed E-state index contributed by atoms with van der Waals surface area (Å²) in [5.74, 6) is 2.56. The predicted octanol–water partition coefficient (Wildman–Crippen LogP) is 4.16. The zero-order chi connectivity index (χ0) is 22.7. The Hall–Kier alpha value is -2.34. The molecule has 1 spiro atoms. The molecule has 1 aromatic heterocycles. The third-order valence-electron chi connectivity index (χ3n) is 7.94. The van der Waals surface area contributed by atoms with Crippen molar-refractivity contribution in [2.75, 3.05) is 39.3 Å². The van der Waals surface area contributed by atoms with Crippen LogP contribution < -0.4 is 4.74 Å². The van der Waals surface area contributed by atoms with Crippen molar-refractivity contribution in [1.82, 2.24) is 19.4 Å². The number of aromatic nitrogens is 2. The fourth-order valence-electron chi connectivity index (χ4n) is 5.71. The monoisotopic (exact) mass is 450 g/mol. The molecule has 0 atom stereocenters. The molecule has 2 aromatic rings. The van der Waals surface area contributed by atoms with Crippen molar-refractivity contribution in [1.29, 1.82) is 0 Å². The highest BCUT2D eigenvalue weighted by Crippen LogP contribution is 2.40. The fourth-order valence-corrected chi connectivity index (χ4v) is 5.71. The lowest BCUT2D eigenvalue weighted by molar-refractivity contribution is 0.0359. The van der Waals surface area contributed by atoms with Crippen LogP contribution in [0.4, 0.5) is 0 Å². The molecule has 1 aromatic carbocycles. The predicted molar refractivity (Wildman–Crippen MR) is 129 cm³/mol. The number of ether oxygens (including phenoxy) is 1. The summed E-state index contributed by atoms with van der Waals surface area (Å²) in [5.41, 5.74) is 1.64. The second-order valence-corrected chi connectivity index (χ2v) is 10.5. The van der Waals surface area contributed by atoms with Crippen molar-refractivity contribution in [3.8, 4) is 5.75 Å². The summed E-state index contributed by atoms with van der Waals surface area (Å²) >= 11 is 0. The number of carbonyl (C=O) groups is 1. The Morgan fingerprint density at radius 1 is 1.12 bits per heavy atom. The van der Waals surface area contributed by atoms with Crippen LogP contribution in [0.25, 0.3) is 0 Å². The smallest absolute Gasteiger partial charge is 0.289 e. The molecule has 6 heteroatoms. The molecule has 3 aliphatic rings. The van der Waals surface area contributed by atoms with Crippen LogP contribution in [0.5, 0.6) is 5.75 Å². The van der Waals surface area contributed by atoms with Gasteiger partial charge in [-0.05, 0) is 67.9 Å². The van der Waals surface area contributed by atoms with Crippen molar-refractivity contribution in [2.24, 2.45) is 18.4 Å². The topological polar surface area (TPSA) is 50.6 Å². The summed E-state index contributed by atoms with van der Waals surface area (Å²) in [6.45, 7) is 5.75. The highest BCUT2D eigenvalue weighted by atomic mass is 16.5. The van der Waals surface area contributed by atoms with Crippen LogP contribution in [0.1, 0.15) is 61.1 Å². The number of amides is 1. The number of carbonyl (C=O) groups excluding carboxylic acids is 1. The molecule has 0 radical (unpaired) electrons. The molecular formula is C27H38N4O2. The van der Waals surface area contributed by atoms with E-state index in [1.165, 1.54) is 44.2 Å². The van der Waals surface area contributed by atoms with E-state index in [9.17, 15) is 4.79 Å². The largest absolute Gasteiger partial charge is 0.492 e. The maximum atomic E-state index is 13.0. The normalized spacial score (nSPS) is 22.2. The van der Waals surface area contributed by atoms with Gasteiger partial charge >= 0.3 is 0 Å². The number of imidazole rings is 1. The first-order valence-electron chi connectivity index (χ1n) is 12.8. The van der Waals surface area contributed by atoms with Crippen molar-refractivity contribution >= 4 is 5.91 Å². The van der Waals surface area contributed by atoms with Crippen LogP contribution >= 0.6 is 0 Å². The minimum absolute atomic E-state index is 0.0744. The van der Waals surface area contributed by atoms with Crippen molar-refractivity contribution in [2.45, 2.75) is 51.4 Å². The fraction of sp³-hybridized carbons (Fsp3) is 0.630. The van der Waals surface area contributed by atoms with Crippen LogP contribution in [0.2, 0.25) is 0 Å². The summed E-state index contributed by atoms with van der Waals surface area (Å²) in [6.07, 6.45) is 13.2. The lowest BCUT2D eigenvalue weighted by atomic mass is 9.73. The molecule has 6 nitrogen and oxygen atoms in total. The molecule has 3 heterocycles. The summed E-state index contributed by atoms with van der Waals surface area (Å²) in [4.78, 5) is 22.0. The number of aryl methyl sites for hydroxylation is 2. The van der Waals surface area contributed by atoms with E-state index in [-0.39, 0.29) is 5.91 Å². The maximum Gasteiger partial charge on any atom is 0.289 e. The molecule has 2 fully saturated rings. The average molecular weight is 451 g/mol. The molecule has 1 saturated heterocycles. The number of piperidine rings is 1. The number of hydrogen-bond donors (Lipinski definition) is 0. The lowest BCUT2D eigenvalue weighted by Gasteiger charge is -2.45. The van der Waals surface area contributed by atoms with E-state index >= 15 is 0 Å². The van der Waals surface area contributed by atoms with Crippen LogP contribution in [0, 0.1) is 11.3 Å². The molecule has 0 bridgehead atoms. The highest BCUT2D eigenvalue weighted by Gasteiger charge is 2.38. The molecular weight excluding hydrogens is 412 g/mol. The number of para-hydroxylation sites is 1. The third kappa shape index (κ3) is 5.43. The van der Waals surface area contributed by atoms with Gasteiger partial charge in [0.15, 0.2) is 5.82 Å². The second-order valence-electron chi connectivity index (χ2n) is 10.5. The minimum Gasteiger partial charge on any atom is -0.492 e. The van der Waals surface area contributed by atoms with Gasteiger partial charge in [-0.2, -0.15) is 0 Å². The van der Waals surface area contributed by atoms with Gasteiger partial charge in [0.1, 0.15) is 12.4 Å². The second kappa shape index (κ2) is 9.88. The van der Waals surface area contributed by atoms with Gasteiger partial charge in [-0.25, -0.2) is 4.98 Å². The maximum absolute atomic E-state index is 13.0. The Morgan fingerprint density at radius 3 is 2.70 bits per heavy atom. The van der Waals surface area contributed by atoms with Crippen LogP contribution in [0.3, 0.4) is 0 Å². The van der Waals surface area contributed by atoms with E-state index in [2.05, 4.69) is 34.1 Å². The number of rotatable bonds is 3. The SMILES string of the molecule is Cn1ccnc1C(=O)N1CCC2(CCCCc3ccccc3OCCN(CC3CC3)C2)CC1. The number of likely N-dealkylation sites (tertiary alicyclic amines) is 1. The first-order valence-corrected chi connectivity index (χ1v) is 12.8. The van der Waals surface area contributed by atoms with Gasteiger partial charge in [-0.1, -0.05) is 24.6 Å². The summed E-state index contributed by atoms with van der Waals surface area (Å²) in [6, 6.07) is 8.56. The third-order valence-corrected chi connectivity index (χ3v) is 7.94. The molecule has 0 unspecified atom stereocenters. The number of hydrogen-bond acceptors (Lipinski definition) is 4. The van der Waals surface area contributed by atoms with Crippen molar-refractivity contribution < 1.29 is 9.53 Å². The number of benzene rings is 1. The first kappa shape index (κ1) is 22.5. The van der Waals surface area contributed by atoms with Crippen LogP contribution in [-0.4, -0.2) is 64.6 Å². The quantitative estimate of drug-likeness (QED) is 0.705. The Balaban J connectivity index is 1.28. The minimum atomic E-state index is 0.0744. The summed E-state index contributed by atoms with van der Waals surface area (Å²) in [5, 5.41) is 0. The van der Waals surface area contributed by atoms with Gasteiger partial charge in [0.05, 0.1) is 0 Å². The Morgan fingerprint density at radius 2 is 1.94 bits per heavy atom. The van der Waals surface area contributed by atoms with Gasteiger partial charge in [0.2, 0.25) is 0 Å². The molecule has 1 amide bonds. The van der Waals surface area contributed by atoms with E-state index in [0.717, 1.165) is 63.7 Å². The molecule has 178 valence electrons. The zero-order valence-corrected chi connectivity index (χ0v) is 20.0. The van der Waals surface area contributed by atoms with E-state index in [4.69, 9.17) is 4.74 Å².